The standard InChI is InChI=1S/C17H25N3O/c1-3-9-20-16-7-5-4-6-15(16)19-17(20)11-18-13(2)14-8-10-21-12-14/h4-7,13-14,18H,3,8-12H2,1-2H3. The lowest BCUT2D eigenvalue weighted by atomic mass is 10.0. The number of aryl methyl sites for hydroxylation is 1. The first-order valence-electron chi connectivity index (χ1n) is 8.05. The van der Waals surface area contributed by atoms with E-state index in [2.05, 4.69) is 48.0 Å². The van der Waals surface area contributed by atoms with Gasteiger partial charge < -0.3 is 14.6 Å². The van der Waals surface area contributed by atoms with Crippen LogP contribution in [0.1, 0.15) is 32.5 Å². The molecular formula is C17H25N3O. The van der Waals surface area contributed by atoms with Crippen molar-refractivity contribution in [2.75, 3.05) is 13.2 Å². The maximum absolute atomic E-state index is 5.48. The quantitative estimate of drug-likeness (QED) is 0.888. The Kier molecular flexibility index (Phi) is 4.56. The lowest BCUT2D eigenvalue weighted by Gasteiger charge is -2.19. The van der Waals surface area contributed by atoms with Gasteiger partial charge in [0, 0.05) is 19.2 Å². The summed E-state index contributed by atoms with van der Waals surface area (Å²) in [5.41, 5.74) is 2.34. The summed E-state index contributed by atoms with van der Waals surface area (Å²) in [4.78, 5) is 4.80. The van der Waals surface area contributed by atoms with Crippen LogP contribution in [0.5, 0.6) is 0 Å². The second kappa shape index (κ2) is 6.58. The van der Waals surface area contributed by atoms with Crippen molar-refractivity contribution in [1.82, 2.24) is 14.9 Å². The number of benzene rings is 1. The highest BCUT2D eigenvalue weighted by atomic mass is 16.5. The first-order valence-corrected chi connectivity index (χ1v) is 8.05. The van der Waals surface area contributed by atoms with Gasteiger partial charge in [0.1, 0.15) is 5.82 Å². The number of rotatable bonds is 6. The van der Waals surface area contributed by atoms with Crippen LogP contribution in [0.3, 0.4) is 0 Å². The highest BCUT2D eigenvalue weighted by Crippen LogP contribution is 2.19. The van der Waals surface area contributed by atoms with E-state index in [1.165, 1.54) is 11.9 Å². The zero-order valence-electron chi connectivity index (χ0n) is 13.0. The molecule has 0 radical (unpaired) electrons. The summed E-state index contributed by atoms with van der Waals surface area (Å²) in [6.07, 6.45) is 2.29. The fourth-order valence-electron chi connectivity index (χ4n) is 3.10. The number of nitrogens with zero attached hydrogens (tertiary/aromatic N) is 2. The molecule has 4 heteroatoms. The Morgan fingerprint density at radius 3 is 3.05 bits per heavy atom. The van der Waals surface area contributed by atoms with Gasteiger partial charge in [-0.05, 0) is 37.8 Å². The Labute approximate surface area is 126 Å². The Balaban J connectivity index is 1.74. The molecule has 21 heavy (non-hydrogen) atoms. The van der Waals surface area contributed by atoms with Gasteiger partial charge in [-0.2, -0.15) is 0 Å². The molecule has 1 N–H and O–H groups in total. The van der Waals surface area contributed by atoms with E-state index in [9.17, 15) is 0 Å². The second-order valence-electron chi connectivity index (χ2n) is 5.96. The first kappa shape index (κ1) is 14.5. The van der Waals surface area contributed by atoms with E-state index in [4.69, 9.17) is 9.72 Å². The van der Waals surface area contributed by atoms with Crippen LogP contribution in [-0.2, 0) is 17.8 Å². The number of hydrogen-bond acceptors (Lipinski definition) is 3. The summed E-state index contributed by atoms with van der Waals surface area (Å²) in [6.45, 7) is 8.12. The second-order valence-corrected chi connectivity index (χ2v) is 5.96. The predicted molar refractivity (Wildman–Crippen MR) is 85.3 cm³/mol. The Bertz CT molecular complexity index is 587. The summed E-state index contributed by atoms with van der Waals surface area (Å²) < 4.78 is 7.83. The van der Waals surface area contributed by atoms with Crippen LogP contribution in [0.25, 0.3) is 11.0 Å². The largest absolute Gasteiger partial charge is 0.381 e. The summed E-state index contributed by atoms with van der Waals surface area (Å²) in [5.74, 6) is 1.78. The first-order chi connectivity index (χ1) is 10.3. The number of fused-ring (bicyclic) bond motifs is 1. The Morgan fingerprint density at radius 1 is 1.43 bits per heavy atom. The lowest BCUT2D eigenvalue weighted by Crippen LogP contribution is -2.34. The van der Waals surface area contributed by atoms with Gasteiger partial charge in [-0.1, -0.05) is 19.1 Å². The minimum atomic E-state index is 0.474. The van der Waals surface area contributed by atoms with Crippen molar-refractivity contribution in [2.24, 2.45) is 5.92 Å². The molecule has 1 aliphatic heterocycles. The van der Waals surface area contributed by atoms with Crippen molar-refractivity contribution in [3.63, 3.8) is 0 Å². The van der Waals surface area contributed by atoms with Gasteiger partial charge in [0.2, 0.25) is 0 Å². The highest BCUT2D eigenvalue weighted by Gasteiger charge is 2.22. The number of nitrogens with one attached hydrogen (secondary N) is 1. The van der Waals surface area contributed by atoms with Gasteiger partial charge in [-0.3, -0.25) is 0 Å². The number of hydrogen-bond donors (Lipinski definition) is 1. The molecule has 2 unspecified atom stereocenters. The van der Waals surface area contributed by atoms with E-state index in [1.807, 2.05) is 0 Å². The highest BCUT2D eigenvalue weighted by molar-refractivity contribution is 5.75. The summed E-state index contributed by atoms with van der Waals surface area (Å²) in [5, 5.41) is 3.64. The topological polar surface area (TPSA) is 39.1 Å². The molecule has 0 saturated carbocycles. The Hall–Kier alpha value is -1.39. The van der Waals surface area contributed by atoms with Gasteiger partial charge in [0.15, 0.2) is 0 Å². The third-order valence-corrected chi connectivity index (χ3v) is 4.43. The molecule has 0 spiro atoms. The van der Waals surface area contributed by atoms with E-state index in [0.717, 1.165) is 44.1 Å². The van der Waals surface area contributed by atoms with E-state index >= 15 is 0 Å². The predicted octanol–water partition coefficient (Wildman–Crippen LogP) is 2.96. The molecule has 2 aromatic rings. The maximum Gasteiger partial charge on any atom is 0.123 e. The van der Waals surface area contributed by atoms with Crippen LogP contribution in [0, 0.1) is 5.92 Å². The van der Waals surface area contributed by atoms with Gasteiger partial charge >= 0.3 is 0 Å². The van der Waals surface area contributed by atoms with Gasteiger partial charge in [0.25, 0.3) is 0 Å². The van der Waals surface area contributed by atoms with Crippen molar-refractivity contribution in [3.05, 3.63) is 30.1 Å². The fraction of sp³-hybridized carbons (Fsp3) is 0.588. The van der Waals surface area contributed by atoms with Crippen molar-refractivity contribution >= 4 is 11.0 Å². The van der Waals surface area contributed by atoms with Crippen LogP contribution >= 0.6 is 0 Å². The molecule has 1 aromatic heterocycles. The minimum absolute atomic E-state index is 0.474. The molecule has 4 nitrogen and oxygen atoms in total. The third-order valence-electron chi connectivity index (χ3n) is 4.43. The number of para-hydroxylation sites is 2. The number of ether oxygens (including phenoxy) is 1. The molecule has 0 bridgehead atoms. The monoisotopic (exact) mass is 287 g/mol. The van der Waals surface area contributed by atoms with Gasteiger partial charge in [-0.15, -0.1) is 0 Å². The van der Waals surface area contributed by atoms with Crippen molar-refractivity contribution in [3.8, 4) is 0 Å². The van der Waals surface area contributed by atoms with Gasteiger partial charge in [0.05, 0.1) is 24.2 Å². The average Bonchev–Trinajstić information content (AvgIpc) is 3.14. The van der Waals surface area contributed by atoms with E-state index < -0.39 is 0 Å². The molecule has 1 aliphatic rings. The maximum atomic E-state index is 5.48. The lowest BCUT2D eigenvalue weighted by molar-refractivity contribution is 0.178. The minimum Gasteiger partial charge on any atom is -0.381 e. The molecule has 0 amide bonds. The van der Waals surface area contributed by atoms with Crippen molar-refractivity contribution < 1.29 is 4.74 Å². The Morgan fingerprint density at radius 2 is 2.29 bits per heavy atom. The summed E-state index contributed by atoms with van der Waals surface area (Å²) >= 11 is 0. The third kappa shape index (κ3) is 3.11. The molecule has 3 rings (SSSR count). The van der Waals surface area contributed by atoms with Crippen LogP contribution in [0.2, 0.25) is 0 Å². The fourth-order valence-corrected chi connectivity index (χ4v) is 3.10. The smallest absolute Gasteiger partial charge is 0.123 e. The van der Waals surface area contributed by atoms with Crippen molar-refractivity contribution in [1.29, 1.82) is 0 Å². The van der Waals surface area contributed by atoms with Crippen LogP contribution < -0.4 is 5.32 Å². The average molecular weight is 287 g/mol. The van der Waals surface area contributed by atoms with E-state index in [1.54, 1.807) is 0 Å². The zero-order chi connectivity index (χ0) is 14.7. The van der Waals surface area contributed by atoms with Crippen LogP contribution in [-0.4, -0.2) is 28.8 Å². The summed E-state index contributed by atoms with van der Waals surface area (Å²) in [7, 11) is 0. The SMILES string of the molecule is CCCn1c(CNC(C)C2CCOC2)nc2ccccc21. The van der Waals surface area contributed by atoms with Crippen molar-refractivity contribution in [2.45, 2.75) is 45.8 Å². The number of imidazole rings is 1. The molecule has 2 atom stereocenters. The summed E-state index contributed by atoms with van der Waals surface area (Å²) in [6, 6.07) is 8.88. The van der Waals surface area contributed by atoms with E-state index in [-0.39, 0.29) is 0 Å². The van der Waals surface area contributed by atoms with Crippen LogP contribution in [0.4, 0.5) is 0 Å². The van der Waals surface area contributed by atoms with Gasteiger partial charge in [-0.25, -0.2) is 4.98 Å². The molecule has 2 heterocycles. The normalized spacial score (nSPS) is 20.2. The molecule has 1 saturated heterocycles. The zero-order valence-corrected chi connectivity index (χ0v) is 13.0. The van der Waals surface area contributed by atoms with E-state index in [0.29, 0.717) is 12.0 Å². The molecule has 1 aromatic carbocycles. The molecule has 1 fully saturated rings. The van der Waals surface area contributed by atoms with Crippen LogP contribution in [0.15, 0.2) is 24.3 Å². The molecule has 114 valence electrons. The number of aromatic nitrogens is 2. The molecular weight excluding hydrogens is 262 g/mol. The molecule has 0 aliphatic carbocycles.